The van der Waals surface area contributed by atoms with Gasteiger partial charge in [-0.25, -0.2) is 9.18 Å². The van der Waals surface area contributed by atoms with Gasteiger partial charge in [-0.2, -0.15) is 0 Å². The lowest BCUT2D eigenvalue weighted by Gasteiger charge is -2.35. The van der Waals surface area contributed by atoms with Crippen LogP contribution in [-0.2, 0) is 16.1 Å². The minimum Gasteiger partial charge on any atom is -0.382 e. The van der Waals surface area contributed by atoms with Gasteiger partial charge in [-0.1, -0.05) is 35.3 Å². The molecule has 1 aromatic rings. The minimum atomic E-state index is -1.30. The second kappa shape index (κ2) is 7.95. The number of nitrogens with zero attached hydrogens (tertiary/aromatic N) is 2. The number of ether oxygens (including phenoxy) is 1. The molecule has 8 heteroatoms. The Labute approximate surface area is 143 Å². The summed E-state index contributed by atoms with van der Waals surface area (Å²) in [6.45, 7) is -0.00600. The molecule has 3 amide bonds. The van der Waals surface area contributed by atoms with Gasteiger partial charge in [-0.15, -0.1) is 0 Å². The van der Waals surface area contributed by atoms with Crippen molar-refractivity contribution in [3.05, 3.63) is 33.8 Å². The molecule has 1 unspecified atom stereocenters. The van der Waals surface area contributed by atoms with Gasteiger partial charge in [0, 0.05) is 20.1 Å². The topological polar surface area (TPSA) is 49.9 Å². The van der Waals surface area contributed by atoms with E-state index in [0.29, 0.717) is 15.6 Å². The third-order valence-electron chi connectivity index (χ3n) is 3.52. The standard InChI is InChI=1S/C15H17Cl2FN2O3/c1-23-9-11(18)8-19-6-5-13(21)20(15(19)22)7-10-3-2-4-12(16)14(10)17/h2-4,11H,5-9H2,1H3. The molecule has 0 aromatic heterocycles. The Hall–Kier alpha value is -1.37. The molecule has 0 aliphatic carbocycles. The summed E-state index contributed by atoms with van der Waals surface area (Å²) in [7, 11) is 1.39. The van der Waals surface area contributed by atoms with E-state index < -0.39 is 12.2 Å². The number of carbonyl (C=O) groups is 2. The van der Waals surface area contributed by atoms with Gasteiger partial charge in [0.1, 0.15) is 6.17 Å². The predicted octanol–water partition coefficient (Wildman–Crippen LogP) is 3.13. The molecule has 0 saturated carbocycles. The normalized spacial score (nSPS) is 16.9. The first-order chi connectivity index (χ1) is 10.9. The summed E-state index contributed by atoms with van der Waals surface area (Å²) in [5.41, 5.74) is 0.566. The van der Waals surface area contributed by atoms with Gasteiger partial charge in [0.15, 0.2) is 0 Å². The molecule has 1 atom stereocenters. The van der Waals surface area contributed by atoms with Crippen LogP contribution < -0.4 is 0 Å². The molecule has 1 saturated heterocycles. The Bertz CT molecular complexity index is 600. The first kappa shape index (κ1) is 18.0. The first-order valence-corrected chi connectivity index (χ1v) is 7.84. The lowest BCUT2D eigenvalue weighted by atomic mass is 10.1. The van der Waals surface area contributed by atoms with E-state index in [1.807, 2.05) is 0 Å². The Morgan fingerprint density at radius 3 is 2.78 bits per heavy atom. The van der Waals surface area contributed by atoms with E-state index in [0.717, 1.165) is 4.90 Å². The molecule has 1 aliphatic rings. The maximum absolute atomic E-state index is 13.7. The fourth-order valence-corrected chi connectivity index (χ4v) is 2.76. The molecular weight excluding hydrogens is 346 g/mol. The fourth-order valence-electron chi connectivity index (χ4n) is 2.38. The summed E-state index contributed by atoms with van der Waals surface area (Å²) in [5, 5.41) is 0.650. The molecule has 0 spiro atoms. The first-order valence-electron chi connectivity index (χ1n) is 7.09. The highest BCUT2D eigenvalue weighted by atomic mass is 35.5. The minimum absolute atomic E-state index is 0.00872. The van der Waals surface area contributed by atoms with E-state index in [2.05, 4.69) is 0 Å². The second-order valence-electron chi connectivity index (χ2n) is 5.22. The number of amides is 3. The van der Waals surface area contributed by atoms with Crippen LogP contribution >= 0.6 is 23.2 Å². The van der Waals surface area contributed by atoms with Crippen LogP contribution in [0.5, 0.6) is 0 Å². The number of imide groups is 1. The zero-order chi connectivity index (χ0) is 17.0. The molecule has 0 radical (unpaired) electrons. The second-order valence-corrected chi connectivity index (χ2v) is 6.01. The van der Waals surface area contributed by atoms with E-state index in [4.69, 9.17) is 27.9 Å². The van der Waals surface area contributed by atoms with E-state index in [1.165, 1.54) is 12.0 Å². The number of benzene rings is 1. The van der Waals surface area contributed by atoms with Crippen LogP contribution in [0.1, 0.15) is 12.0 Å². The molecular formula is C15H17Cl2FN2O3. The van der Waals surface area contributed by atoms with Gasteiger partial charge in [-0.05, 0) is 11.6 Å². The molecule has 2 rings (SSSR count). The summed E-state index contributed by atoms with van der Waals surface area (Å²) >= 11 is 12.0. The summed E-state index contributed by atoms with van der Waals surface area (Å²) in [5.74, 6) is -0.315. The zero-order valence-corrected chi connectivity index (χ0v) is 14.1. The molecule has 23 heavy (non-hydrogen) atoms. The predicted molar refractivity (Wildman–Crippen MR) is 85.4 cm³/mol. The quantitative estimate of drug-likeness (QED) is 0.780. The van der Waals surface area contributed by atoms with Crippen molar-refractivity contribution in [2.45, 2.75) is 19.1 Å². The lowest BCUT2D eigenvalue weighted by molar-refractivity contribution is -0.131. The van der Waals surface area contributed by atoms with Crippen molar-refractivity contribution >= 4 is 35.1 Å². The van der Waals surface area contributed by atoms with Crippen molar-refractivity contribution in [1.82, 2.24) is 9.80 Å². The number of methoxy groups -OCH3 is 1. The van der Waals surface area contributed by atoms with Crippen molar-refractivity contribution in [2.75, 3.05) is 26.8 Å². The zero-order valence-electron chi connectivity index (χ0n) is 12.6. The highest BCUT2D eigenvalue weighted by molar-refractivity contribution is 6.42. The van der Waals surface area contributed by atoms with Crippen molar-refractivity contribution in [3.8, 4) is 0 Å². The van der Waals surface area contributed by atoms with E-state index >= 15 is 0 Å². The number of alkyl halides is 1. The summed E-state index contributed by atoms with van der Waals surface area (Å²) in [6, 6.07) is 4.47. The van der Waals surface area contributed by atoms with Crippen LogP contribution in [0.4, 0.5) is 9.18 Å². The van der Waals surface area contributed by atoms with Crippen LogP contribution in [0, 0.1) is 0 Å². The number of carbonyl (C=O) groups excluding carboxylic acids is 2. The van der Waals surface area contributed by atoms with Crippen molar-refractivity contribution < 1.29 is 18.7 Å². The summed E-state index contributed by atoms with van der Waals surface area (Å²) < 4.78 is 18.4. The Kier molecular flexibility index (Phi) is 6.21. The highest BCUT2D eigenvalue weighted by Crippen LogP contribution is 2.27. The van der Waals surface area contributed by atoms with Crippen LogP contribution in [0.25, 0.3) is 0 Å². The number of hydrogen-bond donors (Lipinski definition) is 0. The van der Waals surface area contributed by atoms with Crippen molar-refractivity contribution in [2.24, 2.45) is 0 Å². The number of hydrogen-bond acceptors (Lipinski definition) is 3. The Morgan fingerprint density at radius 2 is 2.09 bits per heavy atom. The smallest absolute Gasteiger partial charge is 0.327 e. The van der Waals surface area contributed by atoms with Crippen LogP contribution in [0.15, 0.2) is 18.2 Å². The fraction of sp³-hybridized carbons (Fsp3) is 0.467. The van der Waals surface area contributed by atoms with E-state index in [-0.39, 0.29) is 38.6 Å². The molecule has 126 valence electrons. The average molecular weight is 363 g/mol. The number of rotatable bonds is 6. The largest absolute Gasteiger partial charge is 0.382 e. The van der Waals surface area contributed by atoms with Crippen molar-refractivity contribution in [1.29, 1.82) is 0 Å². The molecule has 1 heterocycles. The maximum Gasteiger partial charge on any atom is 0.327 e. The summed E-state index contributed by atoms with van der Waals surface area (Å²) in [4.78, 5) is 26.8. The van der Waals surface area contributed by atoms with Gasteiger partial charge in [0.2, 0.25) is 5.91 Å². The van der Waals surface area contributed by atoms with Gasteiger partial charge in [0.25, 0.3) is 0 Å². The molecule has 1 aliphatic heterocycles. The Morgan fingerprint density at radius 1 is 1.35 bits per heavy atom. The molecule has 1 fully saturated rings. The molecule has 0 N–H and O–H groups in total. The maximum atomic E-state index is 13.7. The molecule has 1 aromatic carbocycles. The van der Waals surface area contributed by atoms with Gasteiger partial charge >= 0.3 is 6.03 Å². The monoisotopic (exact) mass is 362 g/mol. The number of urea groups is 1. The average Bonchev–Trinajstić information content (AvgIpc) is 2.51. The van der Waals surface area contributed by atoms with Gasteiger partial charge < -0.3 is 9.64 Å². The third kappa shape index (κ3) is 4.34. The van der Waals surface area contributed by atoms with E-state index in [1.54, 1.807) is 18.2 Å². The van der Waals surface area contributed by atoms with Gasteiger partial charge in [0.05, 0.1) is 29.7 Å². The van der Waals surface area contributed by atoms with Crippen molar-refractivity contribution in [3.63, 3.8) is 0 Å². The Balaban J connectivity index is 2.11. The van der Waals surface area contributed by atoms with Crippen LogP contribution in [0.3, 0.4) is 0 Å². The SMILES string of the molecule is COCC(F)CN1CCC(=O)N(Cc2cccc(Cl)c2Cl)C1=O. The van der Waals surface area contributed by atoms with E-state index in [9.17, 15) is 14.0 Å². The van der Waals surface area contributed by atoms with Gasteiger partial charge in [-0.3, -0.25) is 9.69 Å². The third-order valence-corrected chi connectivity index (χ3v) is 4.38. The highest BCUT2D eigenvalue weighted by Gasteiger charge is 2.33. The van der Waals surface area contributed by atoms with Crippen LogP contribution in [0.2, 0.25) is 10.0 Å². The molecule has 0 bridgehead atoms. The van der Waals surface area contributed by atoms with Crippen LogP contribution in [-0.4, -0.2) is 54.7 Å². The summed E-state index contributed by atoms with van der Waals surface area (Å²) in [6.07, 6.45) is -1.15. The molecule has 5 nitrogen and oxygen atoms in total. The lowest BCUT2D eigenvalue weighted by Crippen LogP contribution is -2.53. The number of halogens is 3.